The predicted octanol–water partition coefficient (Wildman–Crippen LogP) is 3.33. The van der Waals surface area contributed by atoms with Crippen LogP contribution in [0.2, 0.25) is 0 Å². The van der Waals surface area contributed by atoms with Crippen molar-refractivity contribution in [2.24, 2.45) is 0 Å². The number of hydrogen-bond acceptors (Lipinski definition) is 4. The average molecular weight is 286 g/mol. The predicted molar refractivity (Wildman–Crippen MR) is 79.7 cm³/mol. The lowest BCUT2D eigenvalue weighted by molar-refractivity contribution is -0.143. The molecule has 0 amide bonds. The van der Waals surface area contributed by atoms with Crippen molar-refractivity contribution in [3.63, 3.8) is 0 Å². The summed E-state index contributed by atoms with van der Waals surface area (Å²) in [6.07, 6.45) is 0. The van der Waals surface area contributed by atoms with Gasteiger partial charge < -0.3 is 9.30 Å². The zero-order chi connectivity index (χ0) is 13.9. The molecule has 0 spiro atoms. The minimum atomic E-state index is -0.242. The number of nitrogens with zero attached hydrogens (tertiary/aromatic N) is 2. The number of thiophene rings is 1. The molecule has 4 nitrogen and oxygen atoms in total. The smallest absolute Gasteiger partial charge is 0.326 e. The normalized spacial score (nSPS) is 10.8. The van der Waals surface area contributed by atoms with E-state index in [1.807, 2.05) is 53.3 Å². The first-order valence-corrected chi connectivity index (χ1v) is 7.32. The molecule has 102 valence electrons. The van der Waals surface area contributed by atoms with Crippen LogP contribution in [0.5, 0.6) is 0 Å². The Morgan fingerprint density at radius 1 is 1.30 bits per heavy atom. The third kappa shape index (κ3) is 2.32. The lowest BCUT2D eigenvalue weighted by Gasteiger charge is -2.07. The first-order chi connectivity index (χ1) is 9.79. The number of imidazole rings is 1. The van der Waals surface area contributed by atoms with Crippen LogP contribution in [0.1, 0.15) is 6.92 Å². The standard InChI is InChI=1S/C15H14N2O2S/c1-2-19-14(18)10-17-12-7-4-3-6-11(12)16-15(17)13-8-5-9-20-13/h3-9H,2,10H2,1H3. The van der Waals surface area contributed by atoms with Gasteiger partial charge in [0.25, 0.3) is 0 Å². The zero-order valence-electron chi connectivity index (χ0n) is 11.1. The van der Waals surface area contributed by atoms with Crippen molar-refractivity contribution in [2.45, 2.75) is 13.5 Å². The molecule has 0 atom stereocenters. The first-order valence-electron chi connectivity index (χ1n) is 6.44. The van der Waals surface area contributed by atoms with Gasteiger partial charge in [0.05, 0.1) is 22.5 Å². The van der Waals surface area contributed by atoms with Crippen LogP contribution in [-0.4, -0.2) is 22.1 Å². The molecule has 0 bridgehead atoms. The molecule has 5 heteroatoms. The van der Waals surface area contributed by atoms with Crippen LogP contribution in [-0.2, 0) is 16.1 Å². The van der Waals surface area contributed by atoms with Crippen LogP contribution in [0.3, 0.4) is 0 Å². The van der Waals surface area contributed by atoms with Gasteiger partial charge in [-0.3, -0.25) is 4.79 Å². The number of carbonyl (C=O) groups excluding carboxylic acids is 1. The molecule has 0 radical (unpaired) electrons. The highest BCUT2D eigenvalue weighted by Gasteiger charge is 2.15. The van der Waals surface area contributed by atoms with Gasteiger partial charge in [0.2, 0.25) is 0 Å². The number of esters is 1. The van der Waals surface area contributed by atoms with Crippen molar-refractivity contribution in [3.8, 4) is 10.7 Å². The van der Waals surface area contributed by atoms with Crippen molar-refractivity contribution < 1.29 is 9.53 Å². The van der Waals surface area contributed by atoms with Crippen molar-refractivity contribution in [3.05, 3.63) is 41.8 Å². The number of rotatable bonds is 4. The summed E-state index contributed by atoms with van der Waals surface area (Å²) in [5, 5.41) is 2.00. The lowest BCUT2D eigenvalue weighted by Crippen LogP contribution is -2.14. The Labute approximate surface area is 120 Å². The molecule has 2 aromatic heterocycles. The maximum absolute atomic E-state index is 11.8. The molecule has 0 aliphatic carbocycles. The lowest BCUT2D eigenvalue weighted by atomic mass is 10.3. The SMILES string of the molecule is CCOC(=O)Cn1c(-c2cccs2)nc2ccccc21. The third-order valence-electron chi connectivity index (χ3n) is 2.99. The van der Waals surface area contributed by atoms with E-state index >= 15 is 0 Å². The molecule has 1 aromatic carbocycles. The third-order valence-corrected chi connectivity index (χ3v) is 3.85. The summed E-state index contributed by atoms with van der Waals surface area (Å²) in [6.45, 7) is 2.38. The molecule has 0 N–H and O–H groups in total. The summed E-state index contributed by atoms with van der Waals surface area (Å²) < 4.78 is 6.97. The summed E-state index contributed by atoms with van der Waals surface area (Å²) in [6, 6.07) is 11.8. The molecular weight excluding hydrogens is 272 g/mol. The Bertz CT molecular complexity index is 732. The van der Waals surface area contributed by atoms with Gasteiger partial charge in [0.15, 0.2) is 5.82 Å². The van der Waals surface area contributed by atoms with Gasteiger partial charge in [0.1, 0.15) is 6.54 Å². The number of fused-ring (bicyclic) bond motifs is 1. The van der Waals surface area contributed by atoms with E-state index in [2.05, 4.69) is 4.98 Å². The quantitative estimate of drug-likeness (QED) is 0.691. The van der Waals surface area contributed by atoms with Crippen LogP contribution in [0.25, 0.3) is 21.7 Å². The van der Waals surface area contributed by atoms with Gasteiger partial charge in [-0.2, -0.15) is 0 Å². The second kappa shape index (κ2) is 5.46. The van der Waals surface area contributed by atoms with Crippen LogP contribution >= 0.6 is 11.3 Å². The van der Waals surface area contributed by atoms with E-state index in [1.165, 1.54) is 0 Å². The maximum atomic E-state index is 11.8. The summed E-state index contributed by atoms with van der Waals surface area (Å²) >= 11 is 1.61. The van der Waals surface area contributed by atoms with E-state index in [0.717, 1.165) is 21.7 Å². The summed E-state index contributed by atoms with van der Waals surface area (Å²) in [4.78, 5) is 17.5. The Hall–Kier alpha value is -2.14. The van der Waals surface area contributed by atoms with Crippen LogP contribution in [0.15, 0.2) is 41.8 Å². The number of ether oxygens (including phenoxy) is 1. The van der Waals surface area contributed by atoms with E-state index in [-0.39, 0.29) is 12.5 Å². The first kappa shape index (κ1) is 12.9. The van der Waals surface area contributed by atoms with E-state index in [4.69, 9.17) is 4.74 Å². The number of para-hydroxylation sites is 2. The Morgan fingerprint density at radius 2 is 2.15 bits per heavy atom. The number of benzene rings is 1. The molecule has 0 unspecified atom stereocenters. The van der Waals surface area contributed by atoms with Gasteiger partial charge in [-0.05, 0) is 30.5 Å². The molecule has 0 aliphatic rings. The highest BCUT2D eigenvalue weighted by Crippen LogP contribution is 2.28. The van der Waals surface area contributed by atoms with Gasteiger partial charge in [-0.15, -0.1) is 11.3 Å². The average Bonchev–Trinajstić information content (AvgIpc) is 3.07. The van der Waals surface area contributed by atoms with E-state index < -0.39 is 0 Å². The largest absolute Gasteiger partial charge is 0.465 e. The molecule has 3 rings (SSSR count). The van der Waals surface area contributed by atoms with Crippen LogP contribution in [0, 0.1) is 0 Å². The topological polar surface area (TPSA) is 44.1 Å². The fourth-order valence-corrected chi connectivity index (χ4v) is 2.89. The maximum Gasteiger partial charge on any atom is 0.326 e. The number of carbonyl (C=O) groups is 1. The zero-order valence-corrected chi connectivity index (χ0v) is 11.9. The van der Waals surface area contributed by atoms with Crippen LogP contribution < -0.4 is 0 Å². The molecule has 2 heterocycles. The molecule has 0 fully saturated rings. The minimum absolute atomic E-state index is 0.182. The van der Waals surface area contributed by atoms with Crippen molar-refractivity contribution in [1.29, 1.82) is 0 Å². The number of hydrogen-bond donors (Lipinski definition) is 0. The number of aromatic nitrogens is 2. The molecule has 0 aliphatic heterocycles. The Kier molecular flexibility index (Phi) is 3.52. The van der Waals surface area contributed by atoms with Crippen molar-refractivity contribution in [2.75, 3.05) is 6.61 Å². The fourth-order valence-electron chi connectivity index (χ4n) is 2.17. The summed E-state index contributed by atoms with van der Waals surface area (Å²) in [5.74, 6) is 0.572. The molecule has 20 heavy (non-hydrogen) atoms. The van der Waals surface area contributed by atoms with Gasteiger partial charge in [-0.25, -0.2) is 4.98 Å². The monoisotopic (exact) mass is 286 g/mol. The highest BCUT2D eigenvalue weighted by molar-refractivity contribution is 7.13. The summed E-state index contributed by atoms with van der Waals surface area (Å²) in [5.41, 5.74) is 1.84. The van der Waals surface area contributed by atoms with Gasteiger partial charge >= 0.3 is 5.97 Å². The fraction of sp³-hybridized carbons (Fsp3) is 0.200. The molecule has 0 saturated heterocycles. The Morgan fingerprint density at radius 3 is 2.90 bits per heavy atom. The molecule has 0 saturated carbocycles. The second-order valence-corrected chi connectivity index (χ2v) is 5.24. The van der Waals surface area contributed by atoms with Gasteiger partial charge in [-0.1, -0.05) is 18.2 Å². The van der Waals surface area contributed by atoms with Crippen molar-refractivity contribution >= 4 is 28.3 Å². The molecule has 3 aromatic rings. The highest BCUT2D eigenvalue weighted by atomic mass is 32.1. The second-order valence-electron chi connectivity index (χ2n) is 4.29. The minimum Gasteiger partial charge on any atom is -0.465 e. The van der Waals surface area contributed by atoms with Crippen molar-refractivity contribution in [1.82, 2.24) is 9.55 Å². The van der Waals surface area contributed by atoms with E-state index in [0.29, 0.717) is 6.61 Å². The molecular formula is C15H14N2O2S. The van der Waals surface area contributed by atoms with E-state index in [9.17, 15) is 4.79 Å². The van der Waals surface area contributed by atoms with Crippen LogP contribution in [0.4, 0.5) is 0 Å². The van der Waals surface area contributed by atoms with E-state index in [1.54, 1.807) is 11.3 Å². The summed E-state index contributed by atoms with van der Waals surface area (Å²) in [7, 11) is 0. The van der Waals surface area contributed by atoms with Gasteiger partial charge in [0, 0.05) is 0 Å². The Balaban J connectivity index is 2.11.